The molecule has 26 heavy (non-hydrogen) atoms. The average molecular weight is 373 g/mol. The van der Waals surface area contributed by atoms with Crippen molar-refractivity contribution < 1.29 is 9.59 Å². The molecule has 1 unspecified atom stereocenters. The second-order valence-electron chi connectivity index (χ2n) is 8.80. The molecular weight excluding hydrogens is 344 g/mol. The molecule has 0 fully saturated rings. The van der Waals surface area contributed by atoms with E-state index in [0.717, 1.165) is 36.3 Å². The number of benzene rings is 1. The van der Waals surface area contributed by atoms with Gasteiger partial charge in [-0.05, 0) is 78.7 Å². The lowest BCUT2D eigenvalue weighted by molar-refractivity contribution is -0.122. The number of halogens is 1. The first kappa shape index (κ1) is 19.4. The zero-order valence-corrected chi connectivity index (χ0v) is 17.3. The molecule has 140 valence electrons. The molecule has 0 aliphatic heterocycles. The van der Waals surface area contributed by atoms with E-state index in [1.165, 1.54) is 22.3 Å². The van der Waals surface area contributed by atoms with Gasteiger partial charge in [-0.15, -0.1) is 0 Å². The minimum absolute atomic E-state index is 0.00866. The highest BCUT2D eigenvalue weighted by molar-refractivity contribution is 6.32. The first-order valence-electron chi connectivity index (χ1n) is 9.73. The second kappa shape index (κ2) is 6.96. The van der Waals surface area contributed by atoms with Crippen LogP contribution in [-0.4, -0.2) is 11.6 Å². The summed E-state index contributed by atoms with van der Waals surface area (Å²) in [5.41, 5.74) is 7.01. The van der Waals surface area contributed by atoms with Crippen LogP contribution in [0.5, 0.6) is 0 Å². The third kappa shape index (κ3) is 3.29. The molecule has 2 aliphatic carbocycles. The van der Waals surface area contributed by atoms with Crippen LogP contribution in [-0.2, 0) is 22.4 Å². The number of hydrogen-bond acceptors (Lipinski definition) is 2. The highest BCUT2D eigenvalue weighted by atomic mass is 35.5. The van der Waals surface area contributed by atoms with Gasteiger partial charge in [-0.3, -0.25) is 9.59 Å². The van der Waals surface area contributed by atoms with Crippen LogP contribution in [0.4, 0.5) is 0 Å². The van der Waals surface area contributed by atoms with Crippen LogP contribution in [0, 0.1) is 19.3 Å². The maximum absolute atomic E-state index is 12.6. The summed E-state index contributed by atoms with van der Waals surface area (Å²) in [7, 11) is 0. The van der Waals surface area contributed by atoms with Gasteiger partial charge in [0.2, 0.25) is 0 Å². The van der Waals surface area contributed by atoms with E-state index >= 15 is 0 Å². The molecule has 0 saturated heterocycles. The van der Waals surface area contributed by atoms with Crippen LogP contribution in [0.15, 0.2) is 11.6 Å². The van der Waals surface area contributed by atoms with E-state index in [4.69, 9.17) is 11.6 Å². The van der Waals surface area contributed by atoms with Gasteiger partial charge in [0.1, 0.15) is 0 Å². The van der Waals surface area contributed by atoms with Crippen LogP contribution < -0.4 is 0 Å². The minimum Gasteiger partial charge on any atom is -0.294 e. The largest absolute Gasteiger partial charge is 0.294 e. The molecule has 0 heterocycles. The molecule has 0 saturated carbocycles. The number of carbonyl (C=O) groups is 2. The first-order chi connectivity index (χ1) is 12.2. The lowest BCUT2D eigenvalue weighted by atomic mass is 9.78. The van der Waals surface area contributed by atoms with Gasteiger partial charge >= 0.3 is 0 Å². The summed E-state index contributed by atoms with van der Waals surface area (Å²) < 4.78 is 0. The van der Waals surface area contributed by atoms with Gasteiger partial charge in [0, 0.05) is 17.9 Å². The van der Waals surface area contributed by atoms with Crippen LogP contribution >= 0.6 is 11.6 Å². The smallest absolute Gasteiger partial charge is 0.166 e. The molecule has 2 aliphatic rings. The van der Waals surface area contributed by atoms with Crippen LogP contribution in [0.3, 0.4) is 0 Å². The van der Waals surface area contributed by atoms with E-state index in [1.807, 2.05) is 13.0 Å². The van der Waals surface area contributed by atoms with E-state index in [0.29, 0.717) is 18.4 Å². The van der Waals surface area contributed by atoms with Gasteiger partial charge in [-0.1, -0.05) is 38.4 Å². The van der Waals surface area contributed by atoms with Crippen molar-refractivity contribution in [1.29, 1.82) is 0 Å². The van der Waals surface area contributed by atoms with E-state index in [1.54, 1.807) is 0 Å². The predicted octanol–water partition coefficient (Wildman–Crippen LogP) is 5.82. The van der Waals surface area contributed by atoms with Gasteiger partial charge in [-0.2, -0.15) is 0 Å². The van der Waals surface area contributed by atoms with Gasteiger partial charge in [0.25, 0.3) is 0 Å². The lowest BCUT2D eigenvalue weighted by Gasteiger charge is -2.26. The summed E-state index contributed by atoms with van der Waals surface area (Å²) >= 11 is 6.89. The molecule has 0 radical (unpaired) electrons. The molecule has 0 aromatic heterocycles. The molecule has 0 spiro atoms. The molecule has 0 N–H and O–H groups in total. The normalized spacial score (nSPS) is 21.5. The quantitative estimate of drug-likeness (QED) is 0.623. The van der Waals surface area contributed by atoms with Crippen molar-refractivity contribution in [3.05, 3.63) is 44.5 Å². The Morgan fingerprint density at radius 2 is 1.85 bits per heavy atom. The summed E-state index contributed by atoms with van der Waals surface area (Å²) in [5.74, 6) is 0.0557. The van der Waals surface area contributed by atoms with E-state index in [-0.39, 0.29) is 22.9 Å². The van der Waals surface area contributed by atoms with Crippen LogP contribution in [0.25, 0.3) is 0 Å². The molecule has 1 aromatic carbocycles. The van der Waals surface area contributed by atoms with Crippen molar-refractivity contribution in [3.63, 3.8) is 0 Å². The standard InChI is InChI=1S/C23H29ClO2/c1-6-7-19(25)16-9-8-15(10-20(16)26)21-14(3)13(2)17-11-23(4,5)12-18(17)22(21)24/h9,15H,6-8,10-12H2,1-5H3. The first-order valence-corrected chi connectivity index (χ1v) is 10.1. The van der Waals surface area contributed by atoms with Gasteiger partial charge in [0.05, 0.1) is 5.57 Å². The van der Waals surface area contributed by atoms with Crippen molar-refractivity contribution in [2.45, 2.75) is 79.1 Å². The Hall–Kier alpha value is -1.41. The molecule has 0 amide bonds. The average Bonchev–Trinajstić information content (AvgIpc) is 2.89. The minimum atomic E-state index is -0.0198. The molecule has 1 atom stereocenters. The fourth-order valence-corrected chi connectivity index (χ4v) is 5.16. The highest BCUT2D eigenvalue weighted by Gasteiger charge is 2.36. The monoisotopic (exact) mass is 372 g/mol. The Kier molecular flexibility index (Phi) is 5.18. The Morgan fingerprint density at radius 3 is 2.46 bits per heavy atom. The number of ketones is 2. The molecule has 3 heteroatoms. The summed E-state index contributed by atoms with van der Waals surface area (Å²) in [6.07, 6.45) is 6.26. The number of allylic oxidation sites excluding steroid dienone is 2. The Morgan fingerprint density at radius 1 is 1.19 bits per heavy atom. The topological polar surface area (TPSA) is 34.1 Å². The van der Waals surface area contributed by atoms with Gasteiger partial charge < -0.3 is 0 Å². The summed E-state index contributed by atoms with van der Waals surface area (Å²) in [5, 5.41) is 0.864. The SMILES string of the molecule is CCCC(=O)C1=CCC(c2c(C)c(C)c3c(c2Cl)CC(C)(C)C3)CC1=O. The van der Waals surface area contributed by atoms with Crippen molar-refractivity contribution in [2.24, 2.45) is 5.41 Å². The number of rotatable bonds is 4. The molecule has 1 aromatic rings. The number of hydrogen-bond donors (Lipinski definition) is 0. The Balaban J connectivity index is 1.99. The van der Waals surface area contributed by atoms with E-state index < -0.39 is 0 Å². The molecule has 0 bridgehead atoms. The van der Waals surface area contributed by atoms with Crippen molar-refractivity contribution in [2.75, 3.05) is 0 Å². The maximum atomic E-state index is 12.6. The van der Waals surface area contributed by atoms with Crippen LogP contribution in [0.1, 0.15) is 80.2 Å². The Labute approximate surface area is 162 Å². The number of Topliss-reactive ketones (excluding diaryl/α,β-unsaturated/α-hetero) is 2. The summed E-state index contributed by atoms with van der Waals surface area (Å²) in [4.78, 5) is 24.8. The fraction of sp³-hybridized carbons (Fsp3) is 0.565. The molecule has 2 nitrogen and oxygen atoms in total. The van der Waals surface area contributed by atoms with Crippen LogP contribution in [0.2, 0.25) is 5.02 Å². The Bertz CT molecular complexity index is 814. The zero-order valence-electron chi connectivity index (χ0n) is 16.6. The fourth-order valence-electron chi connectivity index (χ4n) is 4.68. The van der Waals surface area contributed by atoms with Crippen molar-refractivity contribution in [3.8, 4) is 0 Å². The molecular formula is C23H29ClO2. The summed E-state index contributed by atoms with van der Waals surface area (Å²) in [6, 6.07) is 0. The van der Waals surface area contributed by atoms with E-state index in [9.17, 15) is 9.59 Å². The molecule has 3 rings (SSSR count). The van der Waals surface area contributed by atoms with Gasteiger partial charge in [-0.25, -0.2) is 0 Å². The third-order valence-corrected chi connectivity index (χ3v) is 6.55. The van der Waals surface area contributed by atoms with Crippen molar-refractivity contribution in [1.82, 2.24) is 0 Å². The zero-order chi connectivity index (χ0) is 19.2. The second-order valence-corrected chi connectivity index (χ2v) is 9.18. The van der Waals surface area contributed by atoms with E-state index in [2.05, 4.69) is 27.7 Å². The number of carbonyl (C=O) groups excluding carboxylic acids is 2. The highest BCUT2D eigenvalue weighted by Crippen LogP contribution is 2.47. The lowest BCUT2D eigenvalue weighted by Crippen LogP contribution is -2.21. The number of fused-ring (bicyclic) bond motifs is 1. The predicted molar refractivity (Wildman–Crippen MR) is 107 cm³/mol. The van der Waals surface area contributed by atoms with Crippen molar-refractivity contribution >= 4 is 23.2 Å². The van der Waals surface area contributed by atoms with Gasteiger partial charge in [0.15, 0.2) is 11.6 Å². The maximum Gasteiger partial charge on any atom is 0.166 e. The summed E-state index contributed by atoms with van der Waals surface area (Å²) in [6.45, 7) is 10.9. The third-order valence-electron chi connectivity index (χ3n) is 6.12.